The van der Waals surface area contributed by atoms with E-state index in [-0.39, 0.29) is 17.2 Å². The quantitative estimate of drug-likeness (QED) is 0.386. The van der Waals surface area contributed by atoms with Gasteiger partial charge in [-0.15, -0.1) is 29.3 Å². The number of hydrogen-bond acceptors (Lipinski definition) is 6. The lowest BCUT2D eigenvalue weighted by atomic mass is 10.1. The molecule has 2 aromatic heterocycles. The second-order valence-corrected chi connectivity index (χ2v) is 7.54. The van der Waals surface area contributed by atoms with E-state index in [4.69, 9.17) is 12.2 Å². The van der Waals surface area contributed by atoms with Crippen LogP contribution < -0.4 is 5.32 Å². The molecule has 0 unspecified atom stereocenters. The molecule has 3 heterocycles. The van der Waals surface area contributed by atoms with Gasteiger partial charge >= 0.3 is 0 Å². The molecule has 0 radical (unpaired) electrons. The lowest BCUT2D eigenvalue weighted by molar-refractivity contribution is -0.128. The number of aryl methyl sites for hydroxylation is 1. The van der Waals surface area contributed by atoms with Gasteiger partial charge in [0.15, 0.2) is 5.11 Å². The van der Waals surface area contributed by atoms with Crippen LogP contribution in [0.3, 0.4) is 0 Å². The molecular formula is C16H13N3O2S3. The molecule has 1 saturated heterocycles. The molecule has 8 heteroatoms. The molecule has 0 spiro atoms. The van der Waals surface area contributed by atoms with Crippen molar-refractivity contribution >= 4 is 57.9 Å². The van der Waals surface area contributed by atoms with Crippen LogP contribution in [0.5, 0.6) is 0 Å². The van der Waals surface area contributed by atoms with E-state index in [0.29, 0.717) is 0 Å². The Labute approximate surface area is 152 Å². The maximum absolute atomic E-state index is 12.5. The number of thiazole rings is 1. The maximum atomic E-state index is 12.5. The number of hydrogen-bond donors (Lipinski definition) is 1. The Bertz CT molecular complexity index is 879. The third kappa shape index (κ3) is 3.21. The average molecular weight is 376 g/mol. The maximum Gasteiger partial charge on any atom is 0.265 e. The molecule has 0 aromatic carbocycles. The number of rotatable bonds is 4. The summed E-state index contributed by atoms with van der Waals surface area (Å²) in [5, 5.41) is 5.62. The van der Waals surface area contributed by atoms with Gasteiger partial charge in [0.1, 0.15) is 5.57 Å². The molecule has 122 valence electrons. The molecule has 0 atom stereocenters. The van der Waals surface area contributed by atoms with Crippen LogP contribution in [0.4, 0.5) is 0 Å². The van der Waals surface area contributed by atoms with Crippen molar-refractivity contribution in [2.75, 3.05) is 6.54 Å². The first-order valence-corrected chi connectivity index (χ1v) is 9.12. The number of nitrogens with zero attached hydrogens (tertiary/aromatic N) is 2. The Morgan fingerprint density at radius 3 is 2.88 bits per heavy atom. The average Bonchev–Trinajstić information content (AvgIpc) is 3.16. The fourth-order valence-electron chi connectivity index (χ4n) is 2.18. The predicted molar refractivity (Wildman–Crippen MR) is 101 cm³/mol. The van der Waals surface area contributed by atoms with Gasteiger partial charge in [-0.3, -0.25) is 19.8 Å². The van der Waals surface area contributed by atoms with Crippen molar-refractivity contribution in [1.29, 1.82) is 0 Å². The van der Waals surface area contributed by atoms with Gasteiger partial charge in [-0.05, 0) is 37.4 Å². The largest absolute Gasteiger partial charge is 0.298 e. The highest BCUT2D eigenvalue weighted by Gasteiger charge is 2.32. The molecular weight excluding hydrogens is 362 g/mol. The zero-order chi connectivity index (χ0) is 17.3. The van der Waals surface area contributed by atoms with E-state index in [9.17, 15) is 9.59 Å². The van der Waals surface area contributed by atoms with Gasteiger partial charge in [-0.2, -0.15) is 0 Å². The van der Waals surface area contributed by atoms with Crippen molar-refractivity contribution < 1.29 is 9.59 Å². The van der Waals surface area contributed by atoms with Crippen molar-refractivity contribution in [2.24, 2.45) is 0 Å². The first kappa shape index (κ1) is 16.7. The number of aromatic nitrogens is 1. The normalized spacial score (nSPS) is 16.6. The van der Waals surface area contributed by atoms with Crippen molar-refractivity contribution in [3.8, 4) is 10.6 Å². The van der Waals surface area contributed by atoms with Gasteiger partial charge in [-0.25, -0.2) is 4.98 Å². The summed E-state index contributed by atoms with van der Waals surface area (Å²) in [6.45, 7) is 5.81. The lowest BCUT2D eigenvalue weighted by Crippen LogP contribution is -2.53. The molecule has 1 N–H and O–H groups in total. The van der Waals surface area contributed by atoms with Crippen molar-refractivity contribution in [2.45, 2.75) is 6.92 Å². The number of nitrogens with one attached hydrogen (secondary N) is 1. The Balaban J connectivity index is 1.91. The van der Waals surface area contributed by atoms with E-state index in [1.165, 1.54) is 16.2 Å². The third-order valence-electron chi connectivity index (χ3n) is 3.28. The fraction of sp³-hybridized carbons (Fsp3) is 0.125. The van der Waals surface area contributed by atoms with Crippen molar-refractivity contribution in [1.82, 2.24) is 15.2 Å². The summed E-state index contributed by atoms with van der Waals surface area (Å²) >= 11 is 8.09. The first-order chi connectivity index (χ1) is 11.5. The summed E-state index contributed by atoms with van der Waals surface area (Å²) in [6, 6.07) is 3.80. The second-order valence-electron chi connectivity index (χ2n) is 4.98. The van der Waals surface area contributed by atoms with Crippen LogP contribution >= 0.6 is 34.9 Å². The second kappa shape index (κ2) is 6.76. The summed E-state index contributed by atoms with van der Waals surface area (Å²) < 4.78 is 0. The third-order valence-corrected chi connectivity index (χ3v) is 5.43. The van der Waals surface area contributed by atoms with Crippen LogP contribution in [0.1, 0.15) is 9.88 Å². The minimum Gasteiger partial charge on any atom is -0.298 e. The lowest BCUT2D eigenvalue weighted by Gasteiger charge is -2.27. The van der Waals surface area contributed by atoms with E-state index >= 15 is 0 Å². The van der Waals surface area contributed by atoms with Crippen LogP contribution in [-0.2, 0) is 9.59 Å². The predicted octanol–water partition coefficient (Wildman–Crippen LogP) is 2.99. The van der Waals surface area contributed by atoms with E-state index in [0.717, 1.165) is 20.5 Å². The summed E-state index contributed by atoms with van der Waals surface area (Å²) in [5.74, 6) is -0.895. The van der Waals surface area contributed by atoms with Gasteiger partial charge < -0.3 is 0 Å². The minimum absolute atomic E-state index is 0.0632. The highest BCUT2D eigenvalue weighted by atomic mass is 32.1. The fourth-order valence-corrected chi connectivity index (χ4v) is 4.03. The summed E-state index contributed by atoms with van der Waals surface area (Å²) in [4.78, 5) is 32.1. The smallest absolute Gasteiger partial charge is 0.265 e. The van der Waals surface area contributed by atoms with Crippen LogP contribution in [-0.4, -0.2) is 33.4 Å². The number of thiocarbonyl (C=S) groups is 1. The summed E-state index contributed by atoms with van der Waals surface area (Å²) in [6.07, 6.45) is 3.15. The minimum atomic E-state index is -0.482. The Kier molecular flexibility index (Phi) is 4.70. The van der Waals surface area contributed by atoms with Gasteiger partial charge in [-0.1, -0.05) is 6.08 Å². The SMILES string of the molecule is C=CCN1C(=O)C(=Cc2ccc(-c3csc(C)n3)s2)C(=O)NC1=S. The zero-order valence-corrected chi connectivity index (χ0v) is 15.2. The van der Waals surface area contributed by atoms with E-state index in [1.54, 1.807) is 23.5 Å². The summed E-state index contributed by atoms with van der Waals surface area (Å²) in [7, 11) is 0. The van der Waals surface area contributed by atoms with Gasteiger partial charge in [0, 0.05) is 16.8 Å². The van der Waals surface area contributed by atoms with Crippen LogP contribution in [0.2, 0.25) is 0 Å². The number of amides is 2. The Morgan fingerprint density at radius 1 is 1.42 bits per heavy atom. The molecule has 24 heavy (non-hydrogen) atoms. The number of carbonyl (C=O) groups excluding carboxylic acids is 2. The van der Waals surface area contributed by atoms with Gasteiger partial charge in [0.25, 0.3) is 11.8 Å². The molecule has 0 bridgehead atoms. The zero-order valence-electron chi connectivity index (χ0n) is 12.7. The molecule has 5 nitrogen and oxygen atoms in total. The molecule has 3 rings (SSSR count). The van der Waals surface area contributed by atoms with Crippen LogP contribution in [0.25, 0.3) is 16.6 Å². The van der Waals surface area contributed by atoms with Crippen molar-refractivity contribution in [3.63, 3.8) is 0 Å². The highest BCUT2D eigenvalue weighted by Crippen LogP contribution is 2.30. The molecule has 1 aliphatic rings. The van der Waals surface area contributed by atoms with E-state index in [1.807, 2.05) is 24.4 Å². The highest BCUT2D eigenvalue weighted by molar-refractivity contribution is 7.80. The Hall–Kier alpha value is -2.16. The van der Waals surface area contributed by atoms with Gasteiger partial charge in [0.05, 0.1) is 15.6 Å². The van der Waals surface area contributed by atoms with Crippen LogP contribution in [0.15, 0.2) is 35.7 Å². The molecule has 0 saturated carbocycles. The monoisotopic (exact) mass is 375 g/mol. The number of carbonyl (C=O) groups is 2. The standard InChI is InChI=1S/C16H13N3O2S3/c1-3-6-19-15(21)11(14(20)18-16(19)22)7-10-4-5-13(24-10)12-8-23-9(2)17-12/h3-5,7-8H,1,6H2,2H3,(H,18,20,22). The molecule has 2 amide bonds. The molecule has 0 aliphatic carbocycles. The molecule has 2 aromatic rings. The van der Waals surface area contributed by atoms with E-state index in [2.05, 4.69) is 16.9 Å². The van der Waals surface area contributed by atoms with Crippen LogP contribution in [0, 0.1) is 6.92 Å². The first-order valence-electron chi connectivity index (χ1n) is 7.01. The van der Waals surface area contributed by atoms with E-state index < -0.39 is 11.8 Å². The van der Waals surface area contributed by atoms with Crippen molar-refractivity contribution in [3.05, 3.63) is 45.6 Å². The van der Waals surface area contributed by atoms with Gasteiger partial charge in [0.2, 0.25) is 0 Å². The number of thiophene rings is 1. The Morgan fingerprint density at radius 2 is 2.21 bits per heavy atom. The summed E-state index contributed by atoms with van der Waals surface area (Å²) in [5.41, 5.74) is 0.967. The molecule has 1 aliphatic heterocycles. The topological polar surface area (TPSA) is 62.3 Å². The molecule has 1 fully saturated rings.